The summed E-state index contributed by atoms with van der Waals surface area (Å²) in [6.07, 6.45) is 12.8. The Morgan fingerprint density at radius 1 is 0.522 bits per heavy atom. The molecule has 239 valence electrons. The zero-order valence-electron chi connectivity index (χ0n) is 28.6. The van der Waals surface area contributed by atoms with E-state index in [2.05, 4.69) is 140 Å². The molecular formula is C43H54HfNSi. The summed E-state index contributed by atoms with van der Waals surface area (Å²) in [5.41, 5.74) is 7.39. The number of benzene rings is 4. The molecule has 0 bridgehead atoms. The van der Waals surface area contributed by atoms with Crippen LogP contribution in [0, 0.1) is 5.92 Å². The Morgan fingerprint density at radius 2 is 0.913 bits per heavy atom. The van der Waals surface area contributed by atoms with Crippen molar-refractivity contribution in [1.82, 2.24) is 3.30 Å². The van der Waals surface area contributed by atoms with Gasteiger partial charge in [0.15, 0.2) is 0 Å². The molecule has 2 aliphatic rings. The van der Waals surface area contributed by atoms with Crippen molar-refractivity contribution in [3.8, 4) is 11.1 Å². The summed E-state index contributed by atoms with van der Waals surface area (Å²) in [5.74, 6) is -0.728. The van der Waals surface area contributed by atoms with Gasteiger partial charge in [0.2, 0.25) is 0 Å². The van der Waals surface area contributed by atoms with Gasteiger partial charge in [-0.3, -0.25) is 0 Å². The molecule has 1 fully saturated rings. The van der Waals surface area contributed by atoms with E-state index >= 15 is 0 Å². The minimum absolute atomic E-state index is 0.622. The molecule has 0 radical (unpaired) electrons. The summed E-state index contributed by atoms with van der Waals surface area (Å²) >= 11 is -2.47. The Labute approximate surface area is 288 Å². The van der Waals surface area contributed by atoms with Gasteiger partial charge >= 0.3 is 219 Å². The van der Waals surface area contributed by atoms with Crippen LogP contribution in [0.2, 0.25) is 0 Å². The molecular weight excluding hydrogens is 737 g/mol. The van der Waals surface area contributed by atoms with Crippen LogP contribution in [0.15, 0.2) is 141 Å². The van der Waals surface area contributed by atoms with E-state index in [9.17, 15) is 0 Å². The van der Waals surface area contributed by atoms with Crippen molar-refractivity contribution < 1.29 is 20.9 Å². The summed E-state index contributed by atoms with van der Waals surface area (Å²) in [5, 5.41) is 3.30. The maximum atomic E-state index is 4.60. The van der Waals surface area contributed by atoms with Crippen LogP contribution >= 0.6 is 0 Å². The van der Waals surface area contributed by atoms with Crippen LogP contribution in [0.4, 0.5) is 0 Å². The third-order valence-corrected chi connectivity index (χ3v) is 37.9. The predicted octanol–water partition coefficient (Wildman–Crippen LogP) is 10.2. The van der Waals surface area contributed by atoms with Crippen molar-refractivity contribution >= 4 is 16.4 Å². The molecule has 4 aromatic rings. The van der Waals surface area contributed by atoms with Crippen LogP contribution < -0.4 is 13.7 Å². The minimum Gasteiger partial charge on any atom is -0.0622 e. The van der Waals surface area contributed by atoms with E-state index in [1.54, 1.807) is 27.1 Å². The molecule has 1 saturated carbocycles. The first-order valence-electron chi connectivity index (χ1n) is 17.8. The molecule has 0 aromatic heterocycles. The summed E-state index contributed by atoms with van der Waals surface area (Å²) in [7, 11) is 0. The molecule has 0 amide bonds. The number of rotatable bonds is 7. The van der Waals surface area contributed by atoms with Gasteiger partial charge in [-0.25, -0.2) is 0 Å². The van der Waals surface area contributed by atoms with E-state index < -0.39 is 26.9 Å². The minimum atomic E-state index is -2.47. The molecule has 1 nitrogen and oxygen atoms in total. The Bertz CT molecular complexity index is 1440. The molecule has 1 atom stereocenters. The van der Waals surface area contributed by atoms with Crippen LogP contribution in [-0.4, -0.2) is 12.0 Å². The molecule has 0 heterocycles. The maximum Gasteiger partial charge on any atom is -0.0184 e. The zero-order valence-corrected chi connectivity index (χ0v) is 33.4. The standard InChI is InChI=1S/C12H11Si.C12H10.C10H20N.C9H13.Hf/c1-3-7-11(8-4-1)13-12-9-5-2-6-10-12;1-3-7-11(8-4-1)12-9-5-2-6-10-12;11-10-8-6-4-2-1-3-5-7-9-10;1-6-5-7(2)9(4)8(6)3;/h1-10,13H;1-10H;10-11H,1-9H2;6H,1-4H3;/q;;-1;;+1. The smallest absolute Gasteiger partial charge is 0.0184 e. The summed E-state index contributed by atoms with van der Waals surface area (Å²) in [6.45, 7) is 9.72. The van der Waals surface area contributed by atoms with Crippen molar-refractivity contribution in [3.05, 3.63) is 141 Å². The molecule has 4 aromatic carbocycles. The first kappa shape index (κ1) is 34.7. The van der Waals surface area contributed by atoms with Crippen LogP contribution in [0.1, 0.15) is 85.5 Å². The van der Waals surface area contributed by atoms with Gasteiger partial charge in [0.05, 0.1) is 0 Å². The average Bonchev–Trinajstić information content (AvgIpc) is 3.30. The SMILES string of the molecule is CC1=C(C)C(C)[C]([Hf]([NH]C2CCCCCCCCC2)[SiH](c2ccccc2)c2ccccc2)=C1C.c1ccc(-c2ccccc2)cc1. The number of hydrogen-bond donors (Lipinski definition) is 1. The molecule has 0 saturated heterocycles. The predicted molar refractivity (Wildman–Crippen MR) is 200 cm³/mol. The zero-order chi connectivity index (χ0) is 32.1. The first-order chi connectivity index (χ1) is 22.5. The molecule has 6 rings (SSSR count). The van der Waals surface area contributed by atoms with Gasteiger partial charge in [-0.15, -0.1) is 0 Å². The van der Waals surface area contributed by atoms with E-state index in [0.717, 1.165) is 6.04 Å². The fraction of sp³-hybridized carbons (Fsp3) is 0.349. The molecule has 0 spiro atoms. The average molecular weight is 791 g/mol. The topological polar surface area (TPSA) is 12.0 Å². The van der Waals surface area contributed by atoms with Crippen molar-refractivity contribution in [2.24, 2.45) is 5.92 Å². The molecule has 2 aliphatic carbocycles. The monoisotopic (exact) mass is 792 g/mol. The quantitative estimate of drug-likeness (QED) is 0.184. The Balaban J connectivity index is 0.000000289. The number of allylic oxidation sites excluding steroid dienone is 4. The first-order valence-corrected chi connectivity index (χ1v) is 29.3. The number of hydrogen-bond acceptors (Lipinski definition) is 1. The van der Waals surface area contributed by atoms with Crippen LogP contribution in [0.5, 0.6) is 0 Å². The Morgan fingerprint density at radius 3 is 1.30 bits per heavy atom. The van der Waals surface area contributed by atoms with Gasteiger partial charge in [-0.1, -0.05) is 60.7 Å². The second-order valence-electron chi connectivity index (χ2n) is 13.4. The van der Waals surface area contributed by atoms with E-state index in [1.165, 1.54) is 68.9 Å². The van der Waals surface area contributed by atoms with Crippen molar-refractivity contribution in [1.29, 1.82) is 0 Å². The molecule has 0 aliphatic heterocycles. The van der Waals surface area contributed by atoms with E-state index in [1.807, 2.05) is 15.5 Å². The van der Waals surface area contributed by atoms with E-state index in [-0.39, 0.29) is 0 Å². The van der Waals surface area contributed by atoms with Gasteiger partial charge in [-0.2, -0.15) is 0 Å². The van der Waals surface area contributed by atoms with Gasteiger partial charge in [0.25, 0.3) is 0 Å². The summed E-state index contributed by atoms with van der Waals surface area (Å²) in [4.78, 5) is 0. The van der Waals surface area contributed by atoms with Gasteiger partial charge in [-0.05, 0) is 11.1 Å². The van der Waals surface area contributed by atoms with Gasteiger partial charge < -0.3 is 0 Å². The third kappa shape index (κ3) is 9.27. The molecule has 3 heteroatoms. The molecule has 1 N–H and O–H groups in total. The van der Waals surface area contributed by atoms with Crippen molar-refractivity contribution in [3.63, 3.8) is 0 Å². The van der Waals surface area contributed by atoms with Crippen LogP contribution in [-0.2, 0) is 20.9 Å². The van der Waals surface area contributed by atoms with Crippen molar-refractivity contribution in [2.45, 2.75) is 91.5 Å². The van der Waals surface area contributed by atoms with E-state index in [0.29, 0.717) is 5.92 Å². The normalized spacial score (nSPS) is 17.9. The van der Waals surface area contributed by atoms with Gasteiger partial charge in [0.1, 0.15) is 0 Å². The largest absolute Gasteiger partial charge is 0.0622 e. The molecule has 1 unspecified atom stereocenters. The fourth-order valence-corrected chi connectivity index (χ4v) is 40.1. The second kappa shape index (κ2) is 18.1. The fourth-order valence-electron chi connectivity index (χ4n) is 7.37. The third-order valence-electron chi connectivity index (χ3n) is 10.3. The number of nitrogens with one attached hydrogen (secondary N) is 1. The van der Waals surface area contributed by atoms with Gasteiger partial charge in [0, 0.05) is 0 Å². The second-order valence-corrected chi connectivity index (χ2v) is 32.5. The summed E-state index contributed by atoms with van der Waals surface area (Å²) < 4.78 is 6.49. The maximum absolute atomic E-state index is 4.60. The van der Waals surface area contributed by atoms with Crippen LogP contribution in [0.25, 0.3) is 11.1 Å². The summed E-state index contributed by atoms with van der Waals surface area (Å²) in [6, 6.07) is 44.8. The Hall–Kier alpha value is -2.59. The molecule has 46 heavy (non-hydrogen) atoms. The van der Waals surface area contributed by atoms with Crippen LogP contribution in [0.3, 0.4) is 0 Å². The van der Waals surface area contributed by atoms with E-state index in [4.69, 9.17) is 0 Å². The van der Waals surface area contributed by atoms with Crippen molar-refractivity contribution in [2.75, 3.05) is 0 Å². The Kier molecular flexibility index (Phi) is 13.7.